The van der Waals surface area contributed by atoms with Gasteiger partial charge in [0.15, 0.2) is 0 Å². The summed E-state index contributed by atoms with van der Waals surface area (Å²) in [6.07, 6.45) is 0.238. The molecule has 0 heterocycles. The predicted octanol–water partition coefficient (Wildman–Crippen LogP) is 4.58. The van der Waals surface area contributed by atoms with Gasteiger partial charge in [0.1, 0.15) is 17.2 Å². The monoisotopic (exact) mass is 428 g/mol. The van der Waals surface area contributed by atoms with Gasteiger partial charge in [0.05, 0.1) is 0 Å². The van der Waals surface area contributed by atoms with E-state index in [0.717, 1.165) is 6.42 Å². The van der Waals surface area contributed by atoms with Crippen LogP contribution in [0.5, 0.6) is 0 Å². The first-order valence-corrected chi connectivity index (χ1v) is 10.8. The third kappa shape index (κ3) is 14.2. The van der Waals surface area contributed by atoms with Crippen molar-refractivity contribution >= 4 is 18.0 Å². The summed E-state index contributed by atoms with van der Waals surface area (Å²) < 4.78 is 10.6. The quantitative estimate of drug-likeness (QED) is 0.552. The normalized spacial score (nSPS) is 14.7. The second-order valence-electron chi connectivity index (χ2n) is 11.4. The number of alkyl carbamates (subject to hydrolysis) is 1. The molecule has 0 aromatic rings. The van der Waals surface area contributed by atoms with E-state index >= 15 is 0 Å². The van der Waals surface area contributed by atoms with E-state index < -0.39 is 29.3 Å². The summed E-state index contributed by atoms with van der Waals surface area (Å²) in [5.74, 6) is -0.519. The molecule has 176 valence electrons. The third-order valence-electron chi connectivity index (χ3n) is 4.03. The van der Waals surface area contributed by atoms with Gasteiger partial charge in [-0.1, -0.05) is 34.6 Å². The van der Waals surface area contributed by atoms with E-state index in [1.54, 1.807) is 41.5 Å². The molecule has 0 rings (SSSR count). The molecule has 0 saturated carbocycles. The number of hydrogen-bond donors (Lipinski definition) is 2. The highest BCUT2D eigenvalue weighted by Crippen LogP contribution is 2.24. The van der Waals surface area contributed by atoms with Crippen molar-refractivity contribution < 1.29 is 23.9 Å². The van der Waals surface area contributed by atoms with Crippen LogP contribution in [0.25, 0.3) is 0 Å². The first kappa shape index (κ1) is 28.2. The summed E-state index contributed by atoms with van der Waals surface area (Å²) in [6.45, 7) is 21.1. The van der Waals surface area contributed by atoms with Crippen molar-refractivity contribution in [1.82, 2.24) is 10.6 Å². The van der Waals surface area contributed by atoms with E-state index in [2.05, 4.69) is 31.4 Å². The molecule has 2 unspecified atom stereocenters. The zero-order chi connectivity index (χ0) is 23.9. The lowest BCUT2D eigenvalue weighted by molar-refractivity contribution is -0.155. The highest BCUT2D eigenvalue weighted by Gasteiger charge is 2.29. The maximum atomic E-state index is 13.0. The van der Waals surface area contributed by atoms with Crippen LogP contribution in [0.1, 0.15) is 95.4 Å². The molecule has 7 heteroatoms. The average Bonchev–Trinajstić information content (AvgIpc) is 2.45. The highest BCUT2D eigenvalue weighted by molar-refractivity contribution is 5.86. The number of esters is 1. The van der Waals surface area contributed by atoms with Crippen LogP contribution >= 0.6 is 0 Å². The first-order chi connectivity index (χ1) is 13.3. The van der Waals surface area contributed by atoms with Crippen LogP contribution in [0.3, 0.4) is 0 Å². The van der Waals surface area contributed by atoms with Gasteiger partial charge in [0, 0.05) is 12.5 Å². The number of nitrogens with one attached hydrogen (secondary N) is 2. The molecule has 0 spiro atoms. The van der Waals surface area contributed by atoms with Crippen molar-refractivity contribution in [2.75, 3.05) is 0 Å². The van der Waals surface area contributed by atoms with Crippen molar-refractivity contribution in [3.05, 3.63) is 0 Å². The Morgan fingerprint density at radius 3 is 1.70 bits per heavy atom. The van der Waals surface area contributed by atoms with Gasteiger partial charge in [0.2, 0.25) is 5.91 Å². The Bertz CT molecular complexity index is 580. The van der Waals surface area contributed by atoms with Gasteiger partial charge in [-0.05, 0) is 65.7 Å². The minimum Gasteiger partial charge on any atom is -0.460 e. The maximum Gasteiger partial charge on any atom is 0.408 e. The number of carbonyl (C=O) groups is 3. The van der Waals surface area contributed by atoms with Crippen molar-refractivity contribution in [3.63, 3.8) is 0 Å². The molecule has 0 aromatic carbocycles. The molecule has 2 atom stereocenters. The SMILES string of the molecule is CC(C)C(CC(C)(C)C)NC(=O)C(CCC(=O)OC(C)(C)C)NC(=O)OC(C)(C)C. The summed E-state index contributed by atoms with van der Waals surface area (Å²) in [5, 5.41) is 5.67. The molecule has 7 nitrogen and oxygen atoms in total. The average molecular weight is 429 g/mol. The molecule has 0 fully saturated rings. The molecule has 2 amide bonds. The van der Waals surface area contributed by atoms with Gasteiger partial charge in [-0.15, -0.1) is 0 Å². The fourth-order valence-electron chi connectivity index (χ4n) is 2.77. The molecule has 0 aliphatic carbocycles. The molecule has 0 saturated heterocycles. The molecule has 0 aliphatic rings. The van der Waals surface area contributed by atoms with Crippen LogP contribution in [0.15, 0.2) is 0 Å². The summed E-state index contributed by atoms with van der Waals surface area (Å²) >= 11 is 0. The van der Waals surface area contributed by atoms with Crippen LogP contribution in [0, 0.1) is 11.3 Å². The van der Waals surface area contributed by atoms with Crippen LogP contribution in [-0.4, -0.2) is 41.3 Å². The Balaban J connectivity index is 5.30. The third-order valence-corrected chi connectivity index (χ3v) is 4.03. The van der Waals surface area contributed by atoms with Crippen LogP contribution in [0.4, 0.5) is 4.79 Å². The van der Waals surface area contributed by atoms with Gasteiger partial charge in [-0.25, -0.2) is 4.79 Å². The van der Waals surface area contributed by atoms with E-state index in [1.807, 2.05) is 13.8 Å². The van der Waals surface area contributed by atoms with Gasteiger partial charge >= 0.3 is 12.1 Å². The number of rotatable bonds is 8. The van der Waals surface area contributed by atoms with E-state index in [0.29, 0.717) is 0 Å². The lowest BCUT2D eigenvalue weighted by Crippen LogP contribution is -2.52. The smallest absolute Gasteiger partial charge is 0.408 e. The summed E-state index contributed by atoms with van der Waals surface area (Å²) in [6, 6.07) is -0.949. The van der Waals surface area contributed by atoms with E-state index in [9.17, 15) is 14.4 Å². The first-order valence-electron chi connectivity index (χ1n) is 10.8. The Labute approximate surface area is 183 Å². The van der Waals surface area contributed by atoms with E-state index in [4.69, 9.17) is 9.47 Å². The van der Waals surface area contributed by atoms with Gasteiger partial charge in [-0.3, -0.25) is 9.59 Å². The van der Waals surface area contributed by atoms with Crippen LogP contribution in [-0.2, 0) is 19.1 Å². The number of ether oxygens (including phenoxy) is 2. The van der Waals surface area contributed by atoms with Crippen LogP contribution < -0.4 is 10.6 Å². The summed E-state index contributed by atoms with van der Waals surface area (Å²) in [5.41, 5.74) is -1.27. The second-order valence-corrected chi connectivity index (χ2v) is 11.4. The second kappa shape index (κ2) is 11.0. The molecule has 2 N–H and O–H groups in total. The van der Waals surface area contributed by atoms with Crippen molar-refractivity contribution in [3.8, 4) is 0 Å². The molecule has 30 heavy (non-hydrogen) atoms. The molecular formula is C23H44N2O5. The van der Waals surface area contributed by atoms with Crippen molar-refractivity contribution in [2.24, 2.45) is 11.3 Å². The Morgan fingerprint density at radius 2 is 1.30 bits per heavy atom. The largest absolute Gasteiger partial charge is 0.460 e. The fourth-order valence-corrected chi connectivity index (χ4v) is 2.77. The number of hydrogen-bond acceptors (Lipinski definition) is 5. The molecular weight excluding hydrogens is 384 g/mol. The Morgan fingerprint density at radius 1 is 0.800 bits per heavy atom. The standard InChI is InChI=1S/C23H44N2O5/c1-15(2)17(14-21(3,4)5)24-19(27)16(25-20(28)30-23(9,10)11)12-13-18(26)29-22(6,7)8/h15-17H,12-14H2,1-11H3,(H,24,27)(H,25,28). The minimum atomic E-state index is -0.895. The molecule has 0 bridgehead atoms. The lowest BCUT2D eigenvalue weighted by Gasteiger charge is -2.31. The predicted molar refractivity (Wildman–Crippen MR) is 119 cm³/mol. The topological polar surface area (TPSA) is 93.7 Å². The highest BCUT2D eigenvalue weighted by atomic mass is 16.6. The summed E-state index contributed by atoms with van der Waals surface area (Å²) in [4.78, 5) is 37.4. The lowest BCUT2D eigenvalue weighted by atomic mass is 9.84. The van der Waals surface area contributed by atoms with E-state index in [-0.39, 0.29) is 36.1 Å². The summed E-state index contributed by atoms with van der Waals surface area (Å²) in [7, 11) is 0. The molecule has 0 aliphatic heterocycles. The molecule has 0 aromatic heterocycles. The van der Waals surface area contributed by atoms with E-state index in [1.165, 1.54) is 0 Å². The van der Waals surface area contributed by atoms with Crippen LogP contribution in [0.2, 0.25) is 0 Å². The molecule has 0 radical (unpaired) electrons. The maximum absolute atomic E-state index is 13.0. The number of carbonyl (C=O) groups excluding carboxylic acids is 3. The zero-order valence-electron chi connectivity index (χ0n) is 20.9. The minimum absolute atomic E-state index is 0.0107. The zero-order valence-corrected chi connectivity index (χ0v) is 20.9. The fraction of sp³-hybridized carbons (Fsp3) is 0.870. The van der Waals surface area contributed by atoms with Crippen molar-refractivity contribution in [1.29, 1.82) is 0 Å². The number of amides is 2. The Kier molecular flexibility index (Phi) is 10.3. The Hall–Kier alpha value is -1.79. The van der Waals surface area contributed by atoms with Crippen molar-refractivity contribution in [2.45, 2.75) is 119 Å². The van der Waals surface area contributed by atoms with Gasteiger partial charge in [0.25, 0.3) is 0 Å². The van der Waals surface area contributed by atoms with Gasteiger partial charge in [-0.2, -0.15) is 0 Å². The van der Waals surface area contributed by atoms with Gasteiger partial charge < -0.3 is 20.1 Å².